The van der Waals surface area contributed by atoms with Gasteiger partial charge in [0.25, 0.3) is 0 Å². The summed E-state index contributed by atoms with van der Waals surface area (Å²) in [5.74, 6) is -0.558. The van der Waals surface area contributed by atoms with Gasteiger partial charge in [0.2, 0.25) is 5.82 Å². The molecule has 3 aromatic rings. The van der Waals surface area contributed by atoms with Crippen molar-refractivity contribution in [1.29, 1.82) is 0 Å². The van der Waals surface area contributed by atoms with E-state index in [4.69, 9.17) is 16.7 Å². The number of nitrogens with zero attached hydrogens (tertiary/aromatic N) is 5. The summed E-state index contributed by atoms with van der Waals surface area (Å²) in [5.41, 5.74) is 1.39. The zero-order chi connectivity index (χ0) is 19.0. The summed E-state index contributed by atoms with van der Waals surface area (Å²) in [7, 11) is 0. The first-order chi connectivity index (χ1) is 13.0. The smallest absolute Gasteiger partial charge is 0.407 e. The van der Waals surface area contributed by atoms with Gasteiger partial charge in [-0.3, -0.25) is 0 Å². The van der Waals surface area contributed by atoms with Gasteiger partial charge in [-0.05, 0) is 25.0 Å². The van der Waals surface area contributed by atoms with E-state index in [-0.39, 0.29) is 29.4 Å². The van der Waals surface area contributed by atoms with E-state index in [2.05, 4.69) is 20.4 Å². The number of pyridine rings is 1. The van der Waals surface area contributed by atoms with E-state index < -0.39 is 11.9 Å². The Kier molecular flexibility index (Phi) is 4.53. The van der Waals surface area contributed by atoms with E-state index in [1.807, 2.05) is 18.2 Å². The molecule has 3 aromatic heterocycles. The largest absolute Gasteiger partial charge is 0.465 e. The van der Waals surface area contributed by atoms with E-state index >= 15 is 0 Å². The van der Waals surface area contributed by atoms with Gasteiger partial charge in [-0.25, -0.2) is 19.3 Å². The Hall–Kier alpha value is -2.94. The van der Waals surface area contributed by atoms with Crippen molar-refractivity contribution < 1.29 is 14.3 Å². The second kappa shape index (κ2) is 6.99. The average Bonchev–Trinajstić information content (AvgIpc) is 3.09. The summed E-state index contributed by atoms with van der Waals surface area (Å²) in [6, 6.07) is 5.29. The molecule has 1 aliphatic heterocycles. The molecule has 1 saturated heterocycles. The number of hydrogen-bond acceptors (Lipinski definition) is 5. The first-order valence-electron chi connectivity index (χ1n) is 8.43. The Balaban J connectivity index is 1.67. The highest BCUT2D eigenvalue weighted by molar-refractivity contribution is 6.29. The SMILES string of the molecule is O=C(O)N1CCCC(Nc2nc(-c3cnn4ccccc34)nc(Cl)c2F)C1. The summed E-state index contributed by atoms with van der Waals surface area (Å²) in [5, 5.41) is 16.1. The minimum absolute atomic E-state index is 0.0440. The minimum atomic E-state index is -0.991. The van der Waals surface area contributed by atoms with Crippen LogP contribution in [0.2, 0.25) is 5.15 Å². The van der Waals surface area contributed by atoms with Crippen LogP contribution in [-0.4, -0.2) is 54.8 Å². The van der Waals surface area contributed by atoms with E-state index in [0.29, 0.717) is 24.9 Å². The molecule has 10 heteroatoms. The molecule has 140 valence electrons. The predicted octanol–water partition coefficient (Wildman–Crippen LogP) is 3.14. The molecule has 4 heterocycles. The number of fused-ring (bicyclic) bond motifs is 1. The fraction of sp³-hybridized carbons (Fsp3) is 0.294. The molecule has 0 radical (unpaired) electrons. The van der Waals surface area contributed by atoms with E-state index in [9.17, 15) is 9.18 Å². The number of amides is 1. The van der Waals surface area contributed by atoms with Gasteiger partial charge in [-0.2, -0.15) is 9.49 Å². The Morgan fingerprint density at radius 3 is 3.04 bits per heavy atom. The maximum absolute atomic E-state index is 14.5. The molecule has 1 fully saturated rings. The highest BCUT2D eigenvalue weighted by Crippen LogP contribution is 2.28. The fourth-order valence-corrected chi connectivity index (χ4v) is 3.37. The van der Waals surface area contributed by atoms with Crippen LogP contribution in [-0.2, 0) is 0 Å². The first kappa shape index (κ1) is 17.5. The zero-order valence-corrected chi connectivity index (χ0v) is 14.9. The van der Waals surface area contributed by atoms with E-state index in [0.717, 1.165) is 5.52 Å². The monoisotopic (exact) mass is 390 g/mol. The number of hydrogen-bond donors (Lipinski definition) is 2. The predicted molar refractivity (Wildman–Crippen MR) is 97.4 cm³/mol. The van der Waals surface area contributed by atoms with Crippen LogP contribution in [0.1, 0.15) is 12.8 Å². The Morgan fingerprint density at radius 1 is 1.37 bits per heavy atom. The molecule has 0 spiro atoms. The molecule has 0 aliphatic carbocycles. The summed E-state index contributed by atoms with van der Waals surface area (Å²) in [6.07, 6.45) is 3.78. The summed E-state index contributed by atoms with van der Waals surface area (Å²) >= 11 is 5.99. The van der Waals surface area contributed by atoms with Crippen LogP contribution in [0.5, 0.6) is 0 Å². The van der Waals surface area contributed by atoms with Gasteiger partial charge in [0.1, 0.15) is 0 Å². The molecule has 1 amide bonds. The molecule has 27 heavy (non-hydrogen) atoms. The van der Waals surface area contributed by atoms with Crippen LogP contribution in [0.4, 0.5) is 15.0 Å². The third kappa shape index (κ3) is 3.37. The van der Waals surface area contributed by atoms with Crippen LogP contribution >= 0.6 is 11.6 Å². The van der Waals surface area contributed by atoms with Crippen molar-refractivity contribution in [1.82, 2.24) is 24.5 Å². The van der Waals surface area contributed by atoms with Crippen molar-refractivity contribution >= 4 is 29.0 Å². The third-order valence-electron chi connectivity index (χ3n) is 4.51. The molecule has 8 nitrogen and oxygen atoms in total. The number of nitrogens with one attached hydrogen (secondary N) is 1. The van der Waals surface area contributed by atoms with E-state index in [1.54, 1.807) is 16.9 Å². The summed E-state index contributed by atoms with van der Waals surface area (Å²) < 4.78 is 16.1. The third-order valence-corrected chi connectivity index (χ3v) is 4.76. The molecule has 2 N–H and O–H groups in total. The van der Waals surface area contributed by atoms with Gasteiger partial charge in [-0.15, -0.1) is 0 Å². The molecule has 1 aliphatic rings. The Bertz CT molecular complexity index is 1010. The molecule has 1 unspecified atom stereocenters. The second-order valence-corrected chi connectivity index (χ2v) is 6.66. The van der Waals surface area contributed by atoms with Crippen LogP contribution < -0.4 is 5.32 Å². The fourth-order valence-electron chi connectivity index (χ4n) is 3.20. The van der Waals surface area contributed by atoms with Gasteiger partial charge in [0, 0.05) is 25.3 Å². The molecule has 0 bridgehead atoms. The normalized spacial score (nSPS) is 17.3. The molecular formula is C17H16ClFN6O2. The number of carboxylic acid groups (broad SMARTS) is 1. The maximum atomic E-state index is 14.5. The number of piperidine rings is 1. The van der Waals surface area contributed by atoms with Crippen molar-refractivity contribution in [2.75, 3.05) is 18.4 Å². The maximum Gasteiger partial charge on any atom is 0.407 e. The van der Waals surface area contributed by atoms with Crippen LogP contribution in [0, 0.1) is 5.82 Å². The quantitative estimate of drug-likeness (QED) is 0.667. The molecular weight excluding hydrogens is 375 g/mol. The second-order valence-electron chi connectivity index (χ2n) is 6.30. The minimum Gasteiger partial charge on any atom is -0.465 e. The average molecular weight is 391 g/mol. The summed E-state index contributed by atoms with van der Waals surface area (Å²) in [6.45, 7) is 0.719. The van der Waals surface area contributed by atoms with Crippen LogP contribution in [0.15, 0.2) is 30.6 Å². The van der Waals surface area contributed by atoms with Gasteiger partial charge in [0.05, 0.1) is 17.3 Å². The molecule has 0 aromatic carbocycles. The Labute approximate surface area is 158 Å². The lowest BCUT2D eigenvalue weighted by atomic mass is 10.1. The van der Waals surface area contributed by atoms with Crippen LogP contribution in [0.3, 0.4) is 0 Å². The number of anilines is 1. The standard InChI is InChI=1S/C17H16ClFN6O2/c18-14-13(19)16(21-10-4-3-6-24(9-10)17(26)27)23-15(22-14)11-8-20-25-7-2-1-5-12(11)25/h1-2,5,7-8,10H,3-4,6,9H2,(H,26,27)(H,21,22,23). The van der Waals surface area contributed by atoms with Gasteiger partial charge >= 0.3 is 6.09 Å². The number of likely N-dealkylation sites (tertiary alicyclic amines) is 1. The van der Waals surface area contributed by atoms with Gasteiger partial charge < -0.3 is 15.3 Å². The van der Waals surface area contributed by atoms with Crippen molar-refractivity contribution in [2.45, 2.75) is 18.9 Å². The van der Waals surface area contributed by atoms with Crippen molar-refractivity contribution in [3.63, 3.8) is 0 Å². The topological polar surface area (TPSA) is 95.7 Å². The highest BCUT2D eigenvalue weighted by Gasteiger charge is 2.25. The van der Waals surface area contributed by atoms with E-state index in [1.165, 1.54) is 4.90 Å². The van der Waals surface area contributed by atoms with Crippen molar-refractivity contribution in [3.05, 3.63) is 41.6 Å². The molecule has 0 saturated carbocycles. The molecule has 1 atom stereocenters. The number of halogens is 2. The lowest BCUT2D eigenvalue weighted by Crippen LogP contribution is -2.44. The zero-order valence-electron chi connectivity index (χ0n) is 14.1. The number of aromatic nitrogens is 4. The lowest BCUT2D eigenvalue weighted by molar-refractivity contribution is 0.132. The van der Waals surface area contributed by atoms with Crippen molar-refractivity contribution in [2.24, 2.45) is 0 Å². The van der Waals surface area contributed by atoms with Gasteiger partial charge in [-0.1, -0.05) is 17.7 Å². The Morgan fingerprint density at radius 2 is 2.22 bits per heavy atom. The molecule has 4 rings (SSSR count). The number of carbonyl (C=O) groups is 1. The highest BCUT2D eigenvalue weighted by atomic mass is 35.5. The van der Waals surface area contributed by atoms with Crippen LogP contribution in [0.25, 0.3) is 16.9 Å². The van der Waals surface area contributed by atoms with Crippen molar-refractivity contribution in [3.8, 4) is 11.4 Å². The number of rotatable bonds is 3. The summed E-state index contributed by atoms with van der Waals surface area (Å²) in [4.78, 5) is 20.8. The first-order valence-corrected chi connectivity index (χ1v) is 8.81. The van der Waals surface area contributed by atoms with Gasteiger partial charge in [0.15, 0.2) is 16.8 Å². The lowest BCUT2D eigenvalue weighted by Gasteiger charge is -2.31.